The highest BCUT2D eigenvalue weighted by Gasteiger charge is 2.53. The summed E-state index contributed by atoms with van der Waals surface area (Å²) in [6.07, 6.45) is 7.55. The van der Waals surface area contributed by atoms with E-state index in [2.05, 4.69) is 37.5 Å². The number of hydrogen-bond donors (Lipinski definition) is 0. The summed E-state index contributed by atoms with van der Waals surface area (Å²) in [5.41, 5.74) is 0.719. The second-order valence-electron chi connectivity index (χ2n) is 8.85. The topological polar surface area (TPSA) is 6.48 Å². The second kappa shape index (κ2) is 8.74. The fourth-order valence-electron chi connectivity index (χ4n) is 5.63. The first-order valence-electron chi connectivity index (χ1n) is 9.47. The van der Waals surface area contributed by atoms with Crippen LogP contribution in [0.5, 0.6) is 0 Å². The maximum absolute atomic E-state index is 2.80. The fourth-order valence-corrected chi connectivity index (χ4v) is 5.63. The van der Waals surface area contributed by atoms with Gasteiger partial charge >= 0.3 is 0 Å². The van der Waals surface area contributed by atoms with Crippen molar-refractivity contribution in [3.8, 4) is 0 Å². The van der Waals surface area contributed by atoms with Gasteiger partial charge in [0.25, 0.3) is 0 Å². The summed E-state index contributed by atoms with van der Waals surface area (Å²) in [6.45, 7) is 16.3. The number of likely N-dealkylation sites (tertiary alicyclic amines) is 2. The van der Waals surface area contributed by atoms with Gasteiger partial charge in [-0.15, -0.1) is 24.8 Å². The molecule has 23 heavy (non-hydrogen) atoms. The molecule has 1 aliphatic carbocycles. The van der Waals surface area contributed by atoms with Crippen LogP contribution in [0.4, 0.5) is 0 Å². The van der Waals surface area contributed by atoms with E-state index in [-0.39, 0.29) is 24.8 Å². The van der Waals surface area contributed by atoms with Gasteiger partial charge < -0.3 is 9.80 Å². The molecular weight excluding hydrogens is 327 g/mol. The molecular formula is C19H38Cl2N2. The first kappa shape index (κ1) is 21.5. The van der Waals surface area contributed by atoms with E-state index in [1.165, 1.54) is 64.8 Å². The summed E-state index contributed by atoms with van der Waals surface area (Å²) in [5.74, 6) is 2.69. The maximum Gasteiger partial charge on any atom is 0.00388 e. The van der Waals surface area contributed by atoms with Crippen molar-refractivity contribution < 1.29 is 0 Å². The highest BCUT2D eigenvalue weighted by Crippen LogP contribution is 2.54. The zero-order valence-corrected chi connectivity index (χ0v) is 17.2. The van der Waals surface area contributed by atoms with Gasteiger partial charge in [0.2, 0.25) is 0 Å². The van der Waals surface area contributed by atoms with E-state index < -0.39 is 0 Å². The average molecular weight is 365 g/mol. The Labute approximate surface area is 156 Å². The van der Waals surface area contributed by atoms with Gasteiger partial charge in [0.05, 0.1) is 0 Å². The van der Waals surface area contributed by atoms with Crippen molar-refractivity contribution in [2.24, 2.45) is 23.2 Å². The Kier molecular flexibility index (Phi) is 8.18. The van der Waals surface area contributed by atoms with Crippen LogP contribution >= 0.6 is 24.8 Å². The SMILES string of the molecule is CC(C)CN1CC2CN(C(C)C)CC(C1)C21CCCCC1.Cl.Cl. The molecule has 2 nitrogen and oxygen atoms in total. The van der Waals surface area contributed by atoms with Gasteiger partial charge in [-0.1, -0.05) is 33.1 Å². The largest absolute Gasteiger partial charge is 0.302 e. The van der Waals surface area contributed by atoms with Gasteiger partial charge in [-0.2, -0.15) is 0 Å². The number of halogens is 2. The standard InChI is InChI=1S/C19H36N2.2ClH/c1-15(2)10-20-11-17-13-21(16(3)4)14-18(12-20)19(17)8-6-5-7-9-19;;/h15-18H,5-14H2,1-4H3;2*1H. The zero-order chi connectivity index (χ0) is 15.0. The molecule has 1 spiro atoms. The molecule has 3 rings (SSSR count). The van der Waals surface area contributed by atoms with Gasteiger partial charge in [-0.25, -0.2) is 0 Å². The molecule has 0 N–H and O–H groups in total. The molecule has 0 aromatic heterocycles. The number of rotatable bonds is 3. The summed E-state index contributed by atoms with van der Waals surface area (Å²) >= 11 is 0. The summed E-state index contributed by atoms with van der Waals surface area (Å²) in [6, 6.07) is 0.729. The predicted octanol–water partition coefficient (Wildman–Crippen LogP) is 4.71. The van der Waals surface area contributed by atoms with E-state index in [9.17, 15) is 0 Å². The Balaban J connectivity index is 0.00000132. The predicted molar refractivity (Wildman–Crippen MR) is 105 cm³/mol. The monoisotopic (exact) mass is 364 g/mol. The lowest BCUT2D eigenvalue weighted by atomic mass is 9.55. The first-order chi connectivity index (χ1) is 10.0. The number of hydrogen-bond acceptors (Lipinski definition) is 2. The Hall–Kier alpha value is 0.500. The van der Waals surface area contributed by atoms with E-state index in [4.69, 9.17) is 0 Å². The molecule has 0 aromatic rings. The zero-order valence-electron chi connectivity index (χ0n) is 15.6. The minimum Gasteiger partial charge on any atom is -0.302 e. The van der Waals surface area contributed by atoms with Crippen LogP contribution in [0.2, 0.25) is 0 Å². The van der Waals surface area contributed by atoms with Crippen LogP contribution in [0.1, 0.15) is 59.8 Å². The molecule has 0 aromatic carbocycles. The Morgan fingerprint density at radius 1 is 0.826 bits per heavy atom. The smallest absolute Gasteiger partial charge is 0.00388 e. The van der Waals surface area contributed by atoms with Crippen molar-refractivity contribution in [2.45, 2.75) is 65.8 Å². The van der Waals surface area contributed by atoms with Gasteiger partial charge in [-0.05, 0) is 49.9 Å². The second-order valence-corrected chi connectivity index (χ2v) is 8.85. The van der Waals surface area contributed by atoms with Crippen LogP contribution in [0, 0.1) is 23.2 Å². The van der Waals surface area contributed by atoms with Crippen molar-refractivity contribution in [3.63, 3.8) is 0 Å². The number of piperidine rings is 2. The molecule has 0 amide bonds. The highest BCUT2D eigenvalue weighted by molar-refractivity contribution is 5.85. The van der Waals surface area contributed by atoms with E-state index in [1.54, 1.807) is 0 Å². The third kappa shape index (κ3) is 4.37. The summed E-state index contributed by atoms with van der Waals surface area (Å²) in [7, 11) is 0. The van der Waals surface area contributed by atoms with Crippen molar-refractivity contribution in [2.75, 3.05) is 32.7 Å². The lowest BCUT2D eigenvalue weighted by Crippen LogP contribution is -2.64. The van der Waals surface area contributed by atoms with Crippen molar-refractivity contribution in [3.05, 3.63) is 0 Å². The molecule has 1 saturated carbocycles. The minimum atomic E-state index is 0. The van der Waals surface area contributed by atoms with Crippen LogP contribution in [-0.4, -0.2) is 48.6 Å². The van der Waals surface area contributed by atoms with Crippen molar-refractivity contribution in [1.82, 2.24) is 9.80 Å². The van der Waals surface area contributed by atoms with Gasteiger partial charge in [0.15, 0.2) is 0 Å². The fraction of sp³-hybridized carbons (Fsp3) is 1.00. The van der Waals surface area contributed by atoms with E-state index >= 15 is 0 Å². The lowest BCUT2D eigenvalue weighted by Gasteiger charge is -2.61. The minimum absolute atomic E-state index is 0. The molecule has 2 unspecified atom stereocenters. The van der Waals surface area contributed by atoms with Crippen molar-refractivity contribution >= 4 is 24.8 Å². The normalized spacial score (nSPS) is 31.0. The van der Waals surface area contributed by atoms with E-state index in [1.807, 2.05) is 0 Å². The molecule has 3 aliphatic rings. The quantitative estimate of drug-likeness (QED) is 0.715. The highest BCUT2D eigenvalue weighted by atomic mass is 35.5. The van der Waals surface area contributed by atoms with Crippen LogP contribution < -0.4 is 0 Å². The van der Waals surface area contributed by atoms with Crippen molar-refractivity contribution in [1.29, 1.82) is 0 Å². The molecule has 138 valence electrons. The summed E-state index contributed by atoms with van der Waals surface area (Å²) in [4.78, 5) is 5.58. The van der Waals surface area contributed by atoms with E-state index in [0.29, 0.717) is 0 Å². The summed E-state index contributed by atoms with van der Waals surface area (Å²) < 4.78 is 0. The van der Waals surface area contributed by atoms with Crippen LogP contribution in [0.3, 0.4) is 0 Å². The van der Waals surface area contributed by atoms with Gasteiger partial charge in [0.1, 0.15) is 0 Å². The average Bonchev–Trinajstić information content (AvgIpc) is 2.40. The van der Waals surface area contributed by atoms with Crippen LogP contribution in [-0.2, 0) is 0 Å². The molecule has 3 fully saturated rings. The molecule has 0 radical (unpaired) electrons. The third-order valence-corrected chi connectivity index (χ3v) is 6.63. The first-order valence-corrected chi connectivity index (χ1v) is 9.47. The molecule has 2 aliphatic heterocycles. The molecule has 2 heterocycles. The molecule has 2 saturated heterocycles. The van der Waals surface area contributed by atoms with Gasteiger partial charge in [-0.3, -0.25) is 0 Å². The van der Waals surface area contributed by atoms with Gasteiger partial charge in [0, 0.05) is 38.8 Å². The molecule has 2 bridgehead atoms. The lowest BCUT2D eigenvalue weighted by molar-refractivity contribution is -0.118. The van der Waals surface area contributed by atoms with E-state index in [0.717, 1.165) is 29.2 Å². The Morgan fingerprint density at radius 2 is 1.35 bits per heavy atom. The Bertz CT molecular complexity index is 335. The summed E-state index contributed by atoms with van der Waals surface area (Å²) in [5, 5.41) is 0. The maximum atomic E-state index is 2.80. The number of nitrogens with zero attached hydrogens (tertiary/aromatic N) is 2. The molecule has 4 heteroatoms. The van der Waals surface area contributed by atoms with Crippen LogP contribution in [0.25, 0.3) is 0 Å². The van der Waals surface area contributed by atoms with Crippen LogP contribution in [0.15, 0.2) is 0 Å². The Morgan fingerprint density at radius 3 is 1.78 bits per heavy atom. The molecule has 2 atom stereocenters. The third-order valence-electron chi connectivity index (χ3n) is 6.63.